The number of nitrogens with zero attached hydrogens (tertiary/aromatic N) is 3. The molecule has 0 spiro atoms. The van der Waals surface area contributed by atoms with E-state index in [2.05, 4.69) is 23.2 Å². The number of fused-ring (bicyclic) bond motifs is 2. The molecule has 0 unspecified atom stereocenters. The van der Waals surface area contributed by atoms with E-state index in [1.165, 1.54) is 14.6 Å². The molecule has 1 fully saturated rings. The summed E-state index contributed by atoms with van der Waals surface area (Å²) < 4.78 is 1.25. The van der Waals surface area contributed by atoms with Crippen molar-refractivity contribution in [1.82, 2.24) is 14.9 Å². The highest BCUT2D eigenvalue weighted by molar-refractivity contribution is 7.18. The van der Waals surface area contributed by atoms with Gasteiger partial charge < -0.3 is 9.80 Å². The van der Waals surface area contributed by atoms with Crippen LogP contribution in [0.5, 0.6) is 0 Å². The van der Waals surface area contributed by atoms with Crippen LogP contribution in [-0.4, -0.2) is 47.0 Å². The van der Waals surface area contributed by atoms with E-state index in [4.69, 9.17) is 4.98 Å². The largest absolute Gasteiger partial charge is 0.327 e. The third-order valence-electron chi connectivity index (χ3n) is 5.57. The van der Waals surface area contributed by atoms with Crippen LogP contribution in [-0.2, 0) is 6.54 Å². The molecule has 3 heterocycles. The van der Waals surface area contributed by atoms with Gasteiger partial charge in [0.25, 0.3) is 5.91 Å². The van der Waals surface area contributed by atoms with E-state index in [1.807, 2.05) is 48.2 Å². The summed E-state index contributed by atoms with van der Waals surface area (Å²) in [5.74, 6) is 0.116. The number of carbonyl (C=O) groups is 1. The summed E-state index contributed by atoms with van der Waals surface area (Å²) in [6.45, 7) is 6.32. The molecule has 2 aromatic heterocycles. The lowest BCUT2D eigenvalue weighted by molar-refractivity contribution is -0.917. The zero-order valence-electron chi connectivity index (χ0n) is 16.4. The van der Waals surface area contributed by atoms with E-state index >= 15 is 0 Å². The van der Waals surface area contributed by atoms with Crippen molar-refractivity contribution in [1.29, 1.82) is 0 Å². The monoisotopic (exact) mass is 403 g/mol. The molecule has 1 saturated heterocycles. The fraction of sp³-hybridized carbons (Fsp3) is 0.261. The predicted octanol–water partition coefficient (Wildman–Crippen LogP) is 2.69. The average molecular weight is 404 g/mol. The number of quaternary nitrogens is 1. The summed E-state index contributed by atoms with van der Waals surface area (Å²) in [7, 11) is 0. The average Bonchev–Trinajstić information content (AvgIpc) is 3.15. The van der Waals surface area contributed by atoms with Gasteiger partial charge in [0.2, 0.25) is 0 Å². The van der Waals surface area contributed by atoms with Crippen LogP contribution < -0.4 is 4.90 Å². The van der Waals surface area contributed by atoms with Gasteiger partial charge in [-0.15, -0.1) is 11.3 Å². The molecule has 5 nitrogen and oxygen atoms in total. The minimum Gasteiger partial charge on any atom is -0.327 e. The van der Waals surface area contributed by atoms with Crippen LogP contribution in [0.15, 0.2) is 54.6 Å². The van der Waals surface area contributed by atoms with Crippen LogP contribution in [0.4, 0.5) is 0 Å². The third kappa shape index (κ3) is 3.61. The number of thiazole rings is 1. The Morgan fingerprint density at radius 3 is 2.55 bits per heavy atom. The standard InChI is InChI=1S/C23H22N4OS/c1-16-14-18(17-6-2-3-7-19(17)24-16)23(28)27-12-10-26(11-13-27)15-22-25-20-8-4-5-9-21(20)29-22/h2-9,14H,10-13,15H2,1H3/p+1. The first-order valence-electron chi connectivity index (χ1n) is 10.0. The fourth-order valence-electron chi connectivity index (χ4n) is 4.07. The zero-order valence-corrected chi connectivity index (χ0v) is 17.2. The molecule has 4 aromatic rings. The van der Waals surface area contributed by atoms with E-state index in [0.717, 1.165) is 60.4 Å². The number of rotatable bonds is 3. The predicted molar refractivity (Wildman–Crippen MR) is 116 cm³/mol. The van der Waals surface area contributed by atoms with Crippen molar-refractivity contribution in [3.63, 3.8) is 0 Å². The Morgan fingerprint density at radius 2 is 1.76 bits per heavy atom. The normalized spacial score (nSPS) is 15.3. The van der Waals surface area contributed by atoms with Crippen LogP contribution >= 0.6 is 11.3 Å². The second-order valence-corrected chi connectivity index (χ2v) is 8.74. The molecule has 6 heteroatoms. The number of nitrogens with one attached hydrogen (secondary N) is 1. The number of amides is 1. The number of piperazine rings is 1. The molecule has 0 bridgehead atoms. The van der Waals surface area contributed by atoms with Crippen LogP contribution in [0.25, 0.3) is 21.1 Å². The molecule has 5 rings (SSSR count). The summed E-state index contributed by atoms with van der Waals surface area (Å²) in [5, 5.41) is 2.11. The van der Waals surface area contributed by atoms with Crippen LogP contribution in [0.3, 0.4) is 0 Å². The van der Waals surface area contributed by atoms with Gasteiger partial charge in [0.15, 0.2) is 0 Å². The number of aryl methyl sites for hydroxylation is 1. The van der Waals surface area contributed by atoms with Gasteiger partial charge in [-0.1, -0.05) is 30.3 Å². The molecule has 1 N–H and O–H groups in total. The molecular formula is C23H23N4OS+. The fourth-order valence-corrected chi connectivity index (χ4v) is 5.11. The first kappa shape index (κ1) is 18.2. The first-order chi connectivity index (χ1) is 14.2. The van der Waals surface area contributed by atoms with Crippen molar-refractivity contribution in [2.24, 2.45) is 0 Å². The van der Waals surface area contributed by atoms with Gasteiger partial charge in [0.1, 0.15) is 11.6 Å². The minimum atomic E-state index is 0.116. The van der Waals surface area contributed by atoms with Crippen molar-refractivity contribution >= 4 is 38.4 Å². The number of hydrogen-bond acceptors (Lipinski definition) is 4. The highest BCUT2D eigenvalue weighted by Gasteiger charge is 2.26. The lowest BCUT2D eigenvalue weighted by atomic mass is 10.1. The van der Waals surface area contributed by atoms with Crippen molar-refractivity contribution in [2.45, 2.75) is 13.5 Å². The molecular weight excluding hydrogens is 380 g/mol. The minimum absolute atomic E-state index is 0.116. The van der Waals surface area contributed by atoms with Gasteiger partial charge in [-0.3, -0.25) is 9.78 Å². The summed E-state index contributed by atoms with van der Waals surface area (Å²) in [4.78, 5) is 26.0. The Hall–Kier alpha value is -2.83. The summed E-state index contributed by atoms with van der Waals surface area (Å²) in [5.41, 5.74) is 3.62. The number of pyridine rings is 1. The molecule has 0 aliphatic carbocycles. The van der Waals surface area contributed by atoms with Crippen molar-refractivity contribution in [2.75, 3.05) is 26.2 Å². The quantitative estimate of drug-likeness (QED) is 0.572. The molecule has 1 aliphatic heterocycles. The second-order valence-electron chi connectivity index (χ2n) is 7.62. The van der Waals surface area contributed by atoms with E-state index in [9.17, 15) is 4.79 Å². The Balaban J connectivity index is 1.29. The zero-order chi connectivity index (χ0) is 19.8. The molecule has 2 aromatic carbocycles. The summed E-state index contributed by atoms with van der Waals surface area (Å²) >= 11 is 1.78. The number of aromatic nitrogens is 2. The smallest absolute Gasteiger partial charge is 0.255 e. The summed E-state index contributed by atoms with van der Waals surface area (Å²) in [6, 6.07) is 18.1. The number of hydrogen-bond donors (Lipinski definition) is 1. The molecule has 0 atom stereocenters. The highest BCUT2D eigenvalue weighted by atomic mass is 32.1. The summed E-state index contributed by atoms with van der Waals surface area (Å²) in [6.07, 6.45) is 0. The maximum absolute atomic E-state index is 13.2. The maximum atomic E-state index is 13.2. The van der Waals surface area contributed by atoms with Crippen molar-refractivity contribution in [3.05, 3.63) is 70.9 Å². The van der Waals surface area contributed by atoms with Gasteiger partial charge in [-0.2, -0.15) is 0 Å². The number of benzene rings is 2. The lowest BCUT2D eigenvalue weighted by Crippen LogP contribution is -3.13. The van der Waals surface area contributed by atoms with Crippen LogP contribution in [0.1, 0.15) is 21.1 Å². The Labute approximate surface area is 173 Å². The number of para-hydroxylation sites is 2. The van der Waals surface area contributed by atoms with Crippen molar-refractivity contribution < 1.29 is 9.69 Å². The van der Waals surface area contributed by atoms with E-state index in [0.29, 0.717) is 0 Å². The van der Waals surface area contributed by atoms with E-state index in [-0.39, 0.29) is 5.91 Å². The van der Waals surface area contributed by atoms with Gasteiger partial charge in [0, 0.05) is 11.1 Å². The first-order valence-corrected chi connectivity index (χ1v) is 10.8. The topological polar surface area (TPSA) is 50.5 Å². The van der Waals surface area contributed by atoms with Gasteiger partial charge in [0.05, 0.1) is 47.5 Å². The SMILES string of the molecule is Cc1cc(C(=O)N2CC[NH+](Cc3nc4ccccc4s3)CC2)c2ccccc2n1. The lowest BCUT2D eigenvalue weighted by Gasteiger charge is -2.32. The molecule has 146 valence electrons. The molecule has 0 saturated carbocycles. The van der Waals surface area contributed by atoms with Crippen molar-refractivity contribution in [3.8, 4) is 0 Å². The number of carbonyl (C=O) groups excluding carboxylic acids is 1. The molecule has 1 aliphatic rings. The van der Waals surface area contributed by atoms with Crippen LogP contribution in [0, 0.1) is 6.92 Å². The second kappa shape index (κ2) is 7.54. The molecule has 1 amide bonds. The van der Waals surface area contributed by atoms with Gasteiger partial charge in [-0.05, 0) is 31.2 Å². The van der Waals surface area contributed by atoms with E-state index in [1.54, 1.807) is 11.3 Å². The molecule has 29 heavy (non-hydrogen) atoms. The highest BCUT2D eigenvalue weighted by Crippen LogP contribution is 2.21. The Bertz CT molecular complexity index is 1160. The van der Waals surface area contributed by atoms with Gasteiger partial charge in [-0.25, -0.2) is 4.98 Å². The van der Waals surface area contributed by atoms with E-state index < -0.39 is 0 Å². The maximum Gasteiger partial charge on any atom is 0.255 e. The van der Waals surface area contributed by atoms with Gasteiger partial charge >= 0.3 is 0 Å². The Kier molecular flexibility index (Phi) is 4.73. The van der Waals surface area contributed by atoms with Crippen LogP contribution in [0.2, 0.25) is 0 Å². The third-order valence-corrected chi connectivity index (χ3v) is 6.61. The Morgan fingerprint density at radius 1 is 1.03 bits per heavy atom. The molecule has 0 radical (unpaired) electrons.